The van der Waals surface area contributed by atoms with Gasteiger partial charge in [0.15, 0.2) is 0 Å². The predicted molar refractivity (Wildman–Crippen MR) is 84.9 cm³/mol. The Labute approximate surface area is 127 Å². The molecule has 20 heavy (non-hydrogen) atoms. The van der Waals surface area contributed by atoms with E-state index in [1.807, 2.05) is 42.5 Å². The Hall–Kier alpha value is -1.82. The zero-order valence-electron chi connectivity index (χ0n) is 10.7. The van der Waals surface area contributed by atoms with Gasteiger partial charge in [0.1, 0.15) is 0 Å². The van der Waals surface area contributed by atoms with E-state index in [2.05, 4.69) is 12.1 Å². The molecule has 3 rings (SSSR count). The van der Waals surface area contributed by atoms with Gasteiger partial charge in [0.2, 0.25) is 0 Å². The Bertz CT molecular complexity index is 776. The molecule has 1 heterocycles. The number of nitrogen functional groups attached to an aromatic ring is 1. The van der Waals surface area contributed by atoms with Crippen LogP contribution in [0.2, 0.25) is 0 Å². The second-order valence-electron chi connectivity index (χ2n) is 4.51. The second-order valence-corrected chi connectivity index (χ2v) is 7.60. The van der Waals surface area contributed by atoms with Crippen molar-refractivity contribution in [2.75, 3.05) is 5.73 Å². The molecule has 0 fully saturated rings. The molecule has 0 aliphatic carbocycles. The van der Waals surface area contributed by atoms with Gasteiger partial charge in [-0.25, -0.2) is 0 Å². The normalized spacial score (nSPS) is 10.4. The van der Waals surface area contributed by atoms with Gasteiger partial charge in [0, 0.05) is 0 Å². The Morgan fingerprint density at radius 2 is 1.30 bits per heavy atom. The van der Waals surface area contributed by atoms with E-state index >= 15 is 0 Å². The molecule has 0 spiro atoms. The average molecular weight is 375 g/mol. The van der Waals surface area contributed by atoms with Gasteiger partial charge in [-0.15, -0.1) is 0 Å². The number of rotatable bonds is 2. The first-order chi connectivity index (χ1) is 9.72. The molecule has 1 aromatic heterocycles. The number of nitrogens with two attached hydrogens (primary N) is 1. The molecule has 2 aromatic carbocycles. The molecule has 0 atom stereocenters. The van der Waals surface area contributed by atoms with Gasteiger partial charge >= 0.3 is 127 Å². The molecule has 0 amide bonds. The van der Waals surface area contributed by atoms with Crippen molar-refractivity contribution in [3.63, 3.8) is 0 Å². The van der Waals surface area contributed by atoms with E-state index in [1.54, 1.807) is 12.1 Å². The third kappa shape index (κ3) is 2.85. The van der Waals surface area contributed by atoms with E-state index < -0.39 is 20.4 Å². The Kier molecular flexibility index (Phi) is 3.73. The first-order valence-electron chi connectivity index (χ1n) is 6.29. The monoisotopic (exact) mass is 377 g/mol. The van der Waals surface area contributed by atoms with Gasteiger partial charge in [-0.3, -0.25) is 0 Å². The van der Waals surface area contributed by atoms with Crippen molar-refractivity contribution < 1.29 is 0 Å². The van der Waals surface area contributed by atoms with E-state index in [0.717, 1.165) is 16.8 Å². The molecule has 0 bridgehead atoms. The third-order valence-electron chi connectivity index (χ3n) is 3.02. The zero-order valence-corrected chi connectivity index (χ0v) is 13.1. The predicted octanol–water partition coefficient (Wildman–Crippen LogP) is 3.02. The third-order valence-corrected chi connectivity index (χ3v) is 6.29. The maximum atomic E-state index is 11.9. The van der Waals surface area contributed by atoms with Crippen molar-refractivity contribution in [1.29, 1.82) is 0 Å². The molecule has 0 saturated carbocycles. The molecular formula is C17H13NOTe. The summed E-state index contributed by atoms with van der Waals surface area (Å²) in [5.41, 5.74) is 8.80. The number of benzene rings is 2. The van der Waals surface area contributed by atoms with Crippen molar-refractivity contribution in [1.82, 2.24) is 0 Å². The zero-order chi connectivity index (χ0) is 13.9. The van der Waals surface area contributed by atoms with Crippen LogP contribution in [0.25, 0.3) is 18.3 Å². The Morgan fingerprint density at radius 1 is 0.750 bits per heavy atom. The molecule has 0 saturated heterocycles. The SMILES string of the molecule is Nc1ccc(-c2cc(=O)cc(-c3ccccc3)[te]2)cc1. The summed E-state index contributed by atoms with van der Waals surface area (Å²) in [6.45, 7) is 0. The molecule has 0 unspecified atom stereocenters. The van der Waals surface area contributed by atoms with Gasteiger partial charge in [0.05, 0.1) is 0 Å². The molecular weight excluding hydrogens is 362 g/mol. The summed E-state index contributed by atoms with van der Waals surface area (Å²) in [6.07, 6.45) is 0. The fraction of sp³-hybridized carbons (Fsp3) is 0. The summed E-state index contributed by atoms with van der Waals surface area (Å²) in [5.74, 6) is 0. The van der Waals surface area contributed by atoms with Gasteiger partial charge in [-0.05, 0) is 0 Å². The van der Waals surface area contributed by atoms with Crippen molar-refractivity contribution in [2.45, 2.75) is 0 Å². The number of hydrogen-bond donors (Lipinski definition) is 1. The van der Waals surface area contributed by atoms with E-state index in [0.29, 0.717) is 0 Å². The van der Waals surface area contributed by atoms with Crippen LogP contribution >= 0.6 is 0 Å². The van der Waals surface area contributed by atoms with Crippen LogP contribution in [-0.4, -0.2) is 20.4 Å². The summed E-state index contributed by atoms with van der Waals surface area (Å²) >= 11 is -0.554. The van der Waals surface area contributed by atoms with Crippen LogP contribution < -0.4 is 11.2 Å². The van der Waals surface area contributed by atoms with Crippen LogP contribution in [-0.2, 0) is 0 Å². The van der Waals surface area contributed by atoms with Crippen molar-refractivity contribution >= 4 is 26.1 Å². The molecule has 98 valence electrons. The number of anilines is 1. The van der Waals surface area contributed by atoms with Crippen molar-refractivity contribution in [3.05, 3.63) is 77.0 Å². The topological polar surface area (TPSA) is 43.1 Å². The van der Waals surface area contributed by atoms with E-state index in [9.17, 15) is 4.79 Å². The van der Waals surface area contributed by atoms with Gasteiger partial charge in [-0.2, -0.15) is 0 Å². The van der Waals surface area contributed by atoms with Crippen LogP contribution in [0.4, 0.5) is 5.69 Å². The van der Waals surface area contributed by atoms with Gasteiger partial charge in [-0.1, -0.05) is 0 Å². The molecule has 0 radical (unpaired) electrons. The molecule has 0 aliphatic heterocycles. The summed E-state index contributed by atoms with van der Waals surface area (Å²) in [7, 11) is 0. The van der Waals surface area contributed by atoms with Crippen molar-refractivity contribution in [2.24, 2.45) is 0 Å². The second kappa shape index (κ2) is 5.66. The van der Waals surface area contributed by atoms with Crippen LogP contribution in [0.1, 0.15) is 0 Å². The van der Waals surface area contributed by atoms with Crippen LogP contribution in [0.3, 0.4) is 0 Å². The average Bonchev–Trinajstić information content (AvgIpc) is 2.48. The molecule has 3 aromatic rings. The van der Waals surface area contributed by atoms with E-state index in [1.165, 1.54) is 7.16 Å². The van der Waals surface area contributed by atoms with E-state index in [-0.39, 0.29) is 5.43 Å². The summed E-state index contributed by atoms with van der Waals surface area (Å²) < 4.78 is 2.36. The fourth-order valence-corrected chi connectivity index (χ4v) is 5.14. The van der Waals surface area contributed by atoms with Crippen molar-refractivity contribution in [3.8, 4) is 18.3 Å². The quantitative estimate of drug-likeness (QED) is 0.553. The van der Waals surface area contributed by atoms with Crippen LogP contribution in [0.5, 0.6) is 0 Å². The van der Waals surface area contributed by atoms with Gasteiger partial charge in [0.25, 0.3) is 0 Å². The molecule has 3 heteroatoms. The molecule has 2 nitrogen and oxygen atoms in total. The first kappa shape index (κ1) is 13.2. The van der Waals surface area contributed by atoms with Crippen LogP contribution in [0, 0.1) is 0 Å². The summed E-state index contributed by atoms with van der Waals surface area (Å²) in [5, 5.41) is 0. The standard InChI is InChI=1S/C17H13NOTe/c18-14-8-6-13(7-9-14)17-11-15(19)10-16(20-17)12-4-2-1-3-5-12/h1-11H,18H2. The molecule has 0 aliphatic rings. The number of hydrogen-bond acceptors (Lipinski definition) is 2. The summed E-state index contributed by atoms with van der Waals surface area (Å²) in [6, 6.07) is 21.4. The van der Waals surface area contributed by atoms with E-state index in [4.69, 9.17) is 5.73 Å². The minimum atomic E-state index is -0.554. The Morgan fingerprint density at radius 3 is 1.90 bits per heavy atom. The van der Waals surface area contributed by atoms with Crippen LogP contribution in [0.15, 0.2) is 71.5 Å². The first-order valence-corrected chi connectivity index (χ1v) is 8.62. The maximum absolute atomic E-state index is 11.9. The fourth-order valence-electron chi connectivity index (χ4n) is 2.01. The minimum absolute atomic E-state index is 0.0760. The summed E-state index contributed by atoms with van der Waals surface area (Å²) in [4.78, 5) is 11.9. The van der Waals surface area contributed by atoms with Gasteiger partial charge < -0.3 is 0 Å². The Balaban J connectivity index is 2.12. The molecule has 2 N–H and O–H groups in total.